The molecular weight excluding hydrogens is 295 g/mol. The molecule has 0 radical (unpaired) electrons. The van der Waals surface area contributed by atoms with Crippen molar-refractivity contribution in [3.8, 4) is 11.5 Å². The van der Waals surface area contributed by atoms with Gasteiger partial charge in [-0.15, -0.1) is 0 Å². The van der Waals surface area contributed by atoms with Crippen LogP contribution in [-0.4, -0.2) is 4.89 Å². The molecule has 0 aliphatic heterocycles. The Bertz CT molecular complexity index is 535. The number of aryl methyl sites for hydroxylation is 2. The molecule has 2 aromatic carbocycles. The molecule has 0 heterocycles. The quantitative estimate of drug-likeness (QED) is 0.674. The van der Waals surface area contributed by atoms with E-state index >= 15 is 0 Å². The van der Waals surface area contributed by atoms with Gasteiger partial charge in [-0.2, -0.15) is 0 Å². The van der Waals surface area contributed by atoms with E-state index < -0.39 is 8.60 Å². The first-order valence-corrected chi connectivity index (χ1v) is 8.87. The van der Waals surface area contributed by atoms with E-state index in [1.165, 1.54) is 11.1 Å². The molecule has 4 heteroatoms. The molecule has 0 aromatic heterocycles. The van der Waals surface area contributed by atoms with Gasteiger partial charge in [0.1, 0.15) is 11.5 Å². The molecule has 0 saturated heterocycles. The largest absolute Gasteiger partial charge is 0.460 e. The highest BCUT2D eigenvalue weighted by Gasteiger charge is 2.12. The first kappa shape index (κ1) is 16.8. The lowest BCUT2D eigenvalue weighted by atomic mass is 10.1. The Kier molecular flexibility index (Phi) is 6.70. The Balaban J connectivity index is 1.96. The van der Waals surface area contributed by atoms with E-state index in [2.05, 4.69) is 26.0 Å². The standard InChI is InChI=1S/C18H23O3P/c1-3-7-15-9-5-11-17(13-15)20-22(19)21-18-12-6-10-16(14-18)8-4-2/h5-6,9-14,19H,3-4,7-8H2,1-2H3. The minimum absolute atomic E-state index is 0.643. The van der Waals surface area contributed by atoms with Gasteiger partial charge in [0.25, 0.3) is 0 Å². The van der Waals surface area contributed by atoms with Crippen LogP contribution in [0.3, 0.4) is 0 Å². The Hall–Kier alpha value is -1.57. The van der Waals surface area contributed by atoms with Crippen LogP contribution in [0, 0.1) is 0 Å². The Morgan fingerprint density at radius 1 is 0.818 bits per heavy atom. The highest BCUT2D eigenvalue weighted by Crippen LogP contribution is 2.36. The maximum atomic E-state index is 10.0. The Morgan fingerprint density at radius 2 is 1.27 bits per heavy atom. The van der Waals surface area contributed by atoms with Crippen molar-refractivity contribution >= 4 is 8.60 Å². The summed E-state index contributed by atoms with van der Waals surface area (Å²) in [6, 6.07) is 15.6. The molecule has 0 spiro atoms. The number of benzene rings is 2. The molecule has 2 rings (SSSR count). The van der Waals surface area contributed by atoms with Crippen molar-refractivity contribution in [2.24, 2.45) is 0 Å². The predicted molar refractivity (Wildman–Crippen MR) is 91.3 cm³/mol. The van der Waals surface area contributed by atoms with Gasteiger partial charge in [0.15, 0.2) is 0 Å². The predicted octanol–water partition coefficient (Wildman–Crippen LogP) is 5.27. The summed E-state index contributed by atoms with van der Waals surface area (Å²) in [4.78, 5) is 10.0. The second-order valence-corrected chi connectivity index (χ2v) is 6.06. The fourth-order valence-electron chi connectivity index (χ4n) is 2.29. The Morgan fingerprint density at radius 3 is 1.68 bits per heavy atom. The first-order valence-electron chi connectivity index (χ1n) is 7.74. The third-order valence-electron chi connectivity index (χ3n) is 3.24. The van der Waals surface area contributed by atoms with E-state index in [4.69, 9.17) is 9.05 Å². The second kappa shape index (κ2) is 8.77. The van der Waals surface area contributed by atoms with E-state index in [-0.39, 0.29) is 0 Å². The first-order chi connectivity index (χ1) is 10.7. The summed E-state index contributed by atoms with van der Waals surface area (Å²) in [5.74, 6) is 1.29. The van der Waals surface area contributed by atoms with E-state index in [0.29, 0.717) is 11.5 Å². The average Bonchev–Trinajstić information content (AvgIpc) is 2.48. The van der Waals surface area contributed by atoms with E-state index in [1.54, 1.807) is 0 Å². The summed E-state index contributed by atoms with van der Waals surface area (Å²) >= 11 is 0. The summed E-state index contributed by atoms with van der Waals surface area (Å²) in [7, 11) is -1.98. The molecule has 0 aliphatic rings. The van der Waals surface area contributed by atoms with Gasteiger partial charge in [-0.25, -0.2) is 0 Å². The smallest absolute Gasteiger partial charge is 0.418 e. The highest BCUT2D eigenvalue weighted by atomic mass is 31.2. The fourth-order valence-corrected chi connectivity index (χ4v) is 2.92. The van der Waals surface area contributed by atoms with E-state index in [1.807, 2.05) is 36.4 Å². The SMILES string of the molecule is CCCc1cccc(OP(O)Oc2cccc(CCC)c2)c1. The van der Waals surface area contributed by atoms with Crippen molar-refractivity contribution in [1.82, 2.24) is 0 Å². The average molecular weight is 318 g/mol. The van der Waals surface area contributed by atoms with Crippen molar-refractivity contribution < 1.29 is 13.9 Å². The molecule has 22 heavy (non-hydrogen) atoms. The van der Waals surface area contributed by atoms with Gasteiger partial charge in [0, 0.05) is 0 Å². The molecule has 0 saturated carbocycles. The van der Waals surface area contributed by atoms with Gasteiger partial charge in [-0.3, -0.25) is 0 Å². The van der Waals surface area contributed by atoms with Gasteiger partial charge < -0.3 is 13.9 Å². The molecule has 0 atom stereocenters. The maximum Gasteiger partial charge on any atom is 0.460 e. The van der Waals surface area contributed by atoms with Gasteiger partial charge >= 0.3 is 8.60 Å². The second-order valence-electron chi connectivity index (χ2n) is 5.22. The van der Waals surface area contributed by atoms with Crippen LogP contribution in [0.15, 0.2) is 48.5 Å². The maximum absolute atomic E-state index is 10.0. The van der Waals surface area contributed by atoms with Crippen molar-refractivity contribution in [1.29, 1.82) is 0 Å². The summed E-state index contributed by atoms with van der Waals surface area (Å²) < 4.78 is 11.0. The van der Waals surface area contributed by atoms with E-state index in [0.717, 1.165) is 25.7 Å². The third-order valence-corrected chi connectivity index (χ3v) is 3.98. The topological polar surface area (TPSA) is 38.7 Å². The summed E-state index contributed by atoms with van der Waals surface area (Å²) in [5.41, 5.74) is 2.40. The summed E-state index contributed by atoms with van der Waals surface area (Å²) in [5, 5.41) is 0. The molecular formula is C18H23O3P. The number of rotatable bonds is 8. The lowest BCUT2D eigenvalue weighted by Crippen LogP contribution is -1.96. The molecule has 118 valence electrons. The summed E-state index contributed by atoms with van der Waals surface area (Å²) in [6.07, 6.45) is 4.16. The van der Waals surface area contributed by atoms with Crippen LogP contribution in [0.2, 0.25) is 0 Å². The normalized spacial score (nSPS) is 10.7. The van der Waals surface area contributed by atoms with Gasteiger partial charge in [0.2, 0.25) is 0 Å². The van der Waals surface area contributed by atoms with Gasteiger partial charge in [-0.05, 0) is 48.2 Å². The molecule has 2 aromatic rings. The van der Waals surface area contributed by atoms with Crippen molar-refractivity contribution in [2.45, 2.75) is 39.5 Å². The van der Waals surface area contributed by atoms with Crippen LogP contribution in [0.4, 0.5) is 0 Å². The molecule has 0 unspecified atom stereocenters. The van der Waals surface area contributed by atoms with Crippen LogP contribution in [0.1, 0.15) is 37.8 Å². The van der Waals surface area contributed by atoms with Crippen LogP contribution in [-0.2, 0) is 12.8 Å². The highest BCUT2D eigenvalue weighted by molar-refractivity contribution is 7.41. The minimum Gasteiger partial charge on any atom is -0.418 e. The van der Waals surface area contributed by atoms with Crippen molar-refractivity contribution in [3.05, 3.63) is 59.7 Å². The number of hydrogen-bond donors (Lipinski definition) is 1. The Labute approximate surface area is 133 Å². The molecule has 0 bridgehead atoms. The summed E-state index contributed by atoms with van der Waals surface area (Å²) in [6.45, 7) is 4.28. The van der Waals surface area contributed by atoms with Gasteiger partial charge in [0.05, 0.1) is 0 Å². The van der Waals surface area contributed by atoms with Crippen LogP contribution < -0.4 is 9.05 Å². The third kappa shape index (κ3) is 5.32. The lowest BCUT2D eigenvalue weighted by molar-refractivity contribution is 0.381. The van der Waals surface area contributed by atoms with Crippen LogP contribution in [0.25, 0.3) is 0 Å². The molecule has 0 aliphatic carbocycles. The van der Waals surface area contributed by atoms with Crippen molar-refractivity contribution in [2.75, 3.05) is 0 Å². The van der Waals surface area contributed by atoms with E-state index in [9.17, 15) is 4.89 Å². The molecule has 0 amide bonds. The van der Waals surface area contributed by atoms with Gasteiger partial charge in [-0.1, -0.05) is 51.0 Å². The number of hydrogen-bond acceptors (Lipinski definition) is 3. The van der Waals surface area contributed by atoms with Crippen LogP contribution in [0.5, 0.6) is 11.5 Å². The molecule has 3 nitrogen and oxygen atoms in total. The monoisotopic (exact) mass is 318 g/mol. The lowest BCUT2D eigenvalue weighted by Gasteiger charge is -2.13. The van der Waals surface area contributed by atoms with Crippen LogP contribution >= 0.6 is 8.60 Å². The minimum atomic E-state index is -1.98. The zero-order valence-electron chi connectivity index (χ0n) is 13.2. The molecule has 0 fully saturated rings. The fraction of sp³-hybridized carbons (Fsp3) is 0.333. The zero-order chi connectivity index (χ0) is 15.8. The molecule has 1 N–H and O–H groups in total. The zero-order valence-corrected chi connectivity index (χ0v) is 14.1. The van der Waals surface area contributed by atoms with Crippen molar-refractivity contribution in [3.63, 3.8) is 0 Å².